The number of phenols is 3. The number of aliphatic hydroxyl groups is 6. The van der Waals surface area contributed by atoms with Gasteiger partial charge in [-0.05, 0) is 185 Å². The summed E-state index contributed by atoms with van der Waals surface area (Å²) < 4.78 is 52.5. The van der Waals surface area contributed by atoms with E-state index in [0.717, 1.165) is 62.4 Å². The molecule has 0 radical (unpaired) electrons. The zero-order valence-electron chi connectivity index (χ0n) is 66.8. The Hall–Kier alpha value is -9.61. The number of rotatable bonds is 16. The third-order valence-corrected chi connectivity index (χ3v) is 24.9. The monoisotopic (exact) mass is 1690 g/mol. The number of aliphatic hydroxyl groups excluding tert-OH is 6. The molecule has 5 aromatic rings. The van der Waals surface area contributed by atoms with Gasteiger partial charge in [0.25, 0.3) is 0 Å². The third-order valence-electron chi connectivity index (χ3n) is 24.6. The van der Waals surface area contributed by atoms with Crippen LogP contribution >= 0.6 is 11.6 Å². The normalized spacial score (nSPS) is 35.1. The zero-order valence-corrected chi connectivity index (χ0v) is 67.6. The maximum atomic E-state index is 16.6. The van der Waals surface area contributed by atoms with E-state index in [1.54, 1.807) is 6.92 Å². The molecule has 7 fully saturated rings. The van der Waals surface area contributed by atoms with Gasteiger partial charge < -0.3 is 144 Å². The standard InChI is InChI=1S/C83H104ClN11O25/c1-32(2)16-48(88-7)74(106)94-64-66(101)39-11-15-52(47(84)23-39)116-54-25-42-24-53(70(54)120-81-71(68(103)67(102)55(31-96)117-81)119-58-30-83(6,87)73(105)34(4)114-58)115-44-12-8-37(9-13-44)69(118-57-29-82(5,86)72(104)33(3)113-57)65-80(112)93-63(78(110)90-60-40-18-35-17-36(20-40)21-41(60)19-35)46-26-43(97)27-51(99)59(46)45-22-38(10-14-50(45)98)61(76(108)95-65)92-77(109)62(42)91-75(107)49(28-56(85)100)89-79(64)111/h8-15,22-27,32-36,40-41,48-49,55,57-58,60-69,71-73,81,88,96-99,101-105H,16-21,28-31,86-87H2,1-7H3,(H2,85,100)(H,89,111)(H,90,110)(H,91,107)(H,92,109)(H,93,112)(H,94,106)(H,95,108)/t33-,34+,35?,36?,40?,41?,48-,49+,55+,57-,58+,60?,61-,62-,63-,64-,65+,66-,67+,68-,69-,71+,72-,73+,81-,82-,83+/m1/s1. The van der Waals surface area contributed by atoms with Gasteiger partial charge in [-0.2, -0.15) is 0 Å². The number of hydrogen-bond acceptors (Lipinski definition) is 28. The van der Waals surface area contributed by atoms with E-state index in [1.165, 1.54) is 82.4 Å². The SMILES string of the molecule is CN[C@H](CC(C)C)C(=O)N[C@H]1C(=O)N[C@@H](CC(N)=O)C(=O)N[C@H]2C(=O)N[C@H]3C(=O)N[C@H](C(=O)N[C@@H](C(=O)NC4C5CC6CC(C5)CC4C6)c4cc(O)cc(O)c4-c4cc3ccc4O)[C@H](O[C@@H]3C[C@@](C)(N)[C@H](O)[C@@H](C)O3)c3ccc(cc3)Oc3cc2cc(c3O[C@H]2O[C@@H](CO)[C@H](O)[C@@H](O)[C@@H]2O[C@H]2C[C@](C)(N)[C@@H](O)[C@H](C)O2)Oc2ccc(cc2Cl)[C@H]1O. The molecule has 23 N–H and O–H groups in total. The number of likely N-dealkylation sites (N-methyl/N-ethyl adjacent to an activating group) is 1. The number of primary amides is 1. The van der Waals surface area contributed by atoms with E-state index >= 15 is 28.8 Å². The Balaban J connectivity index is 0.989. The van der Waals surface area contributed by atoms with Crippen LogP contribution in [0.15, 0.2) is 84.9 Å². The molecule has 4 saturated carbocycles. The van der Waals surface area contributed by atoms with Crippen molar-refractivity contribution in [2.45, 2.75) is 239 Å². The van der Waals surface area contributed by atoms with Crippen LogP contribution in [0.2, 0.25) is 5.02 Å². The van der Waals surface area contributed by atoms with Crippen molar-refractivity contribution in [1.29, 1.82) is 0 Å². The number of nitrogens with two attached hydrogens (primary N) is 3. The van der Waals surface area contributed by atoms with Crippen molar-refractivity contribution in [3.8, 4) is 57.1 Å². The molecule has 12 aliphatic rings. The quantitative estimate of drug-likeness (QED) is 0.0666. The first-order valence-corrected chi connectivity index (χ1v) is 40.7. The lowest BCUT2D eigenvalue weighted by molar-refractivity contribution is -0.333. The fraction of sp³-hybridized carbons (Fsp3) is 0.542. The summed E-state index contributed by atoms with van der Waals surface area (Å²) >= 11 is 7.20. The van der Waals surface area contributed by atoms with E-state index in [1.807, 2.05) is 13.8 Å². The Morgan fingerprint density at radius 3 is 1.85 bits per heavy atom. The van der Waals surface area contributed by atoms with Crippen LogP contribution in [0.1, 0.15) is 157 Å². The number of halogens is 1. The van der Waals surface area contributed by atoms with Crippen LogP contribution in [0.3, 0.4) is 0 Å². The Labute approximate surface area is 694 Å². The molecule has 120 heavy (non-hydrogen) atoms. The number of benzene rings is 5. The molecule has 0 unspecified atom stereocenters. The number of phenolic OH excluding ortho intramolecular Hbond substituents is 3. The van der Waals surface area contributed by atoms with Crippen LogP contribution in [-0.4, -0.2) is 216 Å². The number of nitrogens with one attached hydrogen (secondary N) is 8. The maximum absolute atomic E-state index is 16.6. The van der Waals surface area contributed by atoms with Gasteiger partial charge in [-0.15, -0.1) is 0 Å². The van der Waals surface area contributed by atoms with E-state index in [9.17, 15) is 55.5 Å². The molecule has 8 aliphatic heterocycles. The number of aromatic hydroxyl groups is 3. The lowest BCUT2D eigenvalue weighted by atomic mass is 9.54. The average molecular weight is 1690 g/mol. The summed E-state index contributed by atoms with van der Waals surface area (Å²) in [5.74, 6) is -12.6. The summed E-state index contributed by atoms with van der Waals surface area (Å²) in [5, 5.41) is 127. The highest BCUT2D eigenvalue weighted by Gasteiger charge is 2.54. The number of ether oxygens (including phenoxy) is 8. The summed E-state index contributed by atoms with van der Waals surface area (Å²) in [6, 6.07) is 2.82. The van der Waals surface area contributed by atoms with Crippen LogP contribution in [-0.2, 0) is 62.0 Å². The highest BCUT2D eigenvalue weighted by molar-refractivity contribution is 6.32. The van der Waals surface area contributed by atoms with Gasteiger partial charge in [0.1, 0.15) is 95.5 Å². The van der Waals surface area contributed by atoms with Gasteiger partial charge in [0.05, 0.1) is 48.5 Å². The molecule has 0 spiro atoms. The Bertz CT molecular complexity index is 4720. The van der Waals surface area contributed by atoms with E-state index in [-0.39, 0.29) is 93.0 Å². The molecule has 22 atom stereocenters. The number of carbonyl (C=O) groups excluding carboxylic acids is 8. The van der Waals surface area contributed by atoms with Crippen molar-refractivity contribution in [2.24, 2.45) is 46.8 Å². The molecule has 8 amide bonds. The van der Waals surface area contributed by atoms with Crippen LogP contribution in [0.25, 0.3) is 11.1 Å². The second kappa shape index (κ2) is 34.7. The van der Waals surface area contributed by atoms with Crippen LogP contribution in [0, 0.1) is 29.6 Å². The predicted molar refractivity (Wildman–Crippen MR) is 422 cm³/mol. The van der Waals surface area contributed by atoms with Gasteiger partial charge in [-0.3, -0.25) is 38.4 Å². The molecule has 36 nitrogen and oxygen atoms in total. The molecule has 15 bridgehead atoms. The van der Waals surface area contributed by atoms with Crippen LogP contribution < -0.4 is 73.9 Å². The zero-order chi connectivity index (χ0) is 86.2. The lowest BCUT2D eigenvalue weighted by Crippen LogP contribution is -2.64. The van der Waals surface area contributed by atoms with Crippen molar-refractivity contribution in [2.75, 3.05) is 13.7 Å². The topological polar surface area (TPSA) is 567 Å². The molecule has 5 aromatic carbocycles. The molecular weight excluding hydrogens is 1590 g/mol. The van der Waals surface area contributed by atoms with E-state index in [4.69, 9.17) is 66.7 Å². The summed E-state index contributed by atoms with van der Waals surface area (Å²) in [5.41, 5.74) is 14.7. The highest BCUT2D eigenvalue weighted by atomic mass is 35.5. The fourth-order valence-electron chi connectivity index (χ4n) is 18.6. The highest BCUT2D eigenvalue weighted by Crippen LogP contribution is 2.55. The first-order chi connectivity index (χ1) is 56.8. The minimum absolute atomic E-state index is 0.0346. The van der Waals surface area contributed by atoms with Crippen molar-refractivity contribution in [3.05, 3.63) is 118 Å². The second-order valence-electron chi connectivity index (χ2n) is 34.3. The van der Waals surface area contributed by atoms with Gasteiger partial charge in [0.15, 0.2) is 30.2 Å². The summed E-state index contributed by atoms with van der Waals surface area (Å²) in [6.07, 6.45) is -17.6. The van der Waals surface area contributed by atoms with E-state index in [0.29, 0.717) is 11.8 Å². The number of fused-ring (bicyclic) bond motifs is 15. The molecule has 8 heterocycles. The number of hydrogen-bond donors (Lipinski definition) is 20. The number of carbonyl (C=O) groups is 8. The minimum atomic E-state index is -2.32. The van der Waals surface area contributed by atoms with Crippen LogP contribution in [0.5, 0.6) is 46.0 Å². The summed E-state index contributed by atoms with van der Waals surface area (Å²) in [6.45, 7) is 8.83. The van der Waals surface area contributed by atoms with Crippen molar-refractivity contribution in [1.82, 2.24) is 42.5 Å². The largest absolute Gasteiger partial charge is 0.508 e. The van der Waals surface area contributed by atoms with Gasteiger partial charge in [-0.25, -0.2) is 0 Å². The summed E-state index contributed by atoms with van der Waals surface area (Å²) in [4.78, 5) is 124. The first-order valence-electron chi connectivity index (χ1n) is 40.3. The van der Waals surface area contributed by atoms with Gasteiger partial charge in [0, 0.05) is 47.2 Å². The van der Waals surface area contributed by atoms with Crippen molar-refractivity contribution in [3.63, 3.8) is 0 Å². The maximum Gasteiger partial charge on any atom is 0.248 e. The number of amides is 8. The van der Waals surface area contributed by atoms with Crippen LogP contribution in [0.4, 0.5) is 0 Å². The van der Waals surface area contributed by atoms with Gasteiger partial charge in [0.2, 0.25) is 59.3 Å². The second-order valence-corrected chi connectivity index (χ2v) is 34.7. The minimum Gasteiger partial charge on any atom is -0.508 e. The predicted octanol–water partition coefficient (Wildman–Crippen LogP) is 1.55. The molecule has 17 rings (SSSR count). The molecule has 3 saturated heterocycles. The molecule has 648 valence electrons. The third kappa shape index (κ3) is 17.9. The molecule has 4 aliphatic carbocycles. The summed E-state index contributed by atoms with van der Waals surface area (Å²) in [7, 11) is 1.49. The Kier molecular flexibility index (Phi) is 25.1. The fourth-order valence-corrected chi connectivity index (χ4v) is 18.9. The Morgan fingerprint density at radius 2 is 1.24 bits per heavy atom. The molecule has 0 aromatic heterocycles. The van der Waals surface area contributed by atoms with Crippen molar-refractivity contribution >= 4 is 58.9 Å². The van der Waals surface area contributed by atoms with E-state index in [2.05, 4.69) is 42.5 Å². The smallest absolute Gasteiger partial charge is 0.248 e. The first kappa shape index (κ1) is 86.8. The van der Waals surface area contributed by atoms with Gasteiger partial charge >= 0.3 is 0 Å². The lowest BCUT2D eigenvalue weighted by Gasteiger charge is -2.54. The van der Waals surface area contributed by atoms with Gasteiger partial charge in [-0.1, -0.05) is 49.7 Å². The average Bonchev–Trinajstić information content (AvgIpc) is 0.756. The van der Waals surface area contributed by atoms with Crippen molar-refractivity contribution < 1.29 is 122 Å². The Morgan fingerprint density at radius 1 is 0.642 bits per heavy atom. The molecule has 37 heteroatoms. The molecular formula is C83H104ClN11O25. The van der Waals surface area contributed by atoms with E-state index < -0.39 is 234 Å².